The number of hydrogen-bond donors (Lipinski definition) is 3. The van der Waals surface area contributed by atoms with Gasteiger partial charge in [0.05, 0.1) is 6.04 Å². The van der Waals surface area contributed by atoms with Crippen molar-refractivity contribution in [2.24, 2.45) is 5.92 Å². The molecule has 0 rings (SSSR count). The maximum atomic E-state index is 11.8. The van der Waals surface area contributed by atoms with Crippen LogP contribution >= 0.6 is 0 Å². The zero-order chi connectivity index (χ0) is 14.3. The molecule has 0 aliphatic carbocycles. The summed E-state index contributed by atoms with van der Waals surface area (Å²) in [5, 5.41) is 14.8. The van der Waals surface area contributed by atoms with Crippen LogP contribution in [0.5, 0.6) is 0 Å². The third-order valence-corrected chi connectivity index (χ3v) is 2.87. The first-order chi connectivity index (χ1) is 8.29. The minimum atomic E-state index is -0.925. The van der Waals surface area contributed by atoms with Crippen LogP contribution in [-0.4, -0.2) is 35.1 Å². The molecule has 0 saturated carbocycles. The molecule has 0 radical (unpaired) electrons. The first-order valence-corrected chi connectivity index (χ1v) is 6.58. The van der Waals surface area contributed by atoms with E-state index in [-0.39, 0.29) is 17.9 Å². The van der Waals surface area contributed by atoms with Gasteiger partial charge in [-0.2, -0.15) is 0 Å². The van der Waals surface area contributed by atoms with Crippen LogP contribution in [0.3, 0.4) is 0 Å². The van der Waals surface area contributed by atoms with E-state index in [1.807, 2.05) is 20.8 Å². The molecule has 0 aliphatic rings. The highest BCUT2D eigenvalue weighted by Gasteiger charge is 2.26. The Bertz CT molecular complexity index is 279. The minimum Gasteiger partial charge on any atom is -0.480 e. The number of carboxylic acid groups (broad SMARTS) is 1. The van der Waals surface area contributed by atoms with Crippen molar-refractivity contribution < 1.29 is 14.7 Å². The Morgan fingerprint density at radius 3 is 2.11 bits per heavy atom. The summed E-state index contributed by atoms with van der Waals surface area (Å²) in [6.45, 7) is 9.33. The second-order valence-corrected chi connectivity index (χ2v) is 5.15. The maximum absolute atomic E-state index is 11.8. The van der Waals surface area contributed by atoms with Gasteiger partial charge in [-0.1, -0.05) is 27.2 Å². The number of hydrogen-bond acceptors (Lipinski definition) is 3. The lowest BCUT2D eigenvalue weighted by atomic mass is 10.0. The molecule has 0 heterocycles. The van der Waals surface area contributed by atoms with E-state index < -0.39 is 18.1 Å². The fourth-order valence-corrected chi connectivity index (χ4v) is 1.77. The van der Waals surface area contributed by atoms with Gasteiger partial charge in [-0.25, -0.2) is 0 Å². The lowest BCUT2D eigenvalue weighted by Gasteiger charge is -2.23. The smallest absolute Gasteiger partial charge is 0.320 e. The lowest BCUT2D eigenvalue weighted by molar-refractivity contribution is -0.141. The van der Waals surface area contributed by atoms with Crippen molar-refractivity contribution in [3.8, 4) is 0 Å². The number of carboxylic acids is 1. The molecule has 18 heavy (non-hydrogen) atoms. The molecule has 5 nitrogen and oxygen atoms in total. The summed E-state index contributed by atoms with van der Waals surface area (Å²) < 4.78 is 0. The van der Waals surface area contributed by atoms with E-state index in [4.69, 9.17) is 5.11 Å². The summed E-state index contributed by atoms with van der Waals surface area (Å²) in [5.74, 6) is -1.14. The molecule has 3 N–H and O–H groups in total. The highest BCUT2D eigenvalue weighted by Crippen LogP contribution is 2.03. The quantitative estimate of drug-likeness (QED) is 0.614. The number of nitrogens with one attached hydrogen (secondary N) is 2. The average molecular weight is 258 g/mol. The first kappa shape index (κ1) is 16.9. The van der Waals surface area contributed by atoms with E-state index in [2.05, 4.69) is 17.6 Å². The molecule has 0 aromatic carbocycles. The van der Waals surface area contributed by atoms with Crippen molar-refractivity contribution in [3.63, 3.8) is 0 Å². The van der Waals surface area contributed by atoms with Crippen molar-refractivity contribution in [3.05, 3.63) is 0 Å². The van der Waals surface area contributed by atoms with Gasteiger partial charge >= 0.3 is 5.97 Å². The molecule has 3 unspecified atom stereocenters. The molecule has 0 spiro atoms. The van der Waals surface area contributed by atoms with Gasteiger partial charge in [0.15, 0.2) is 0 Å². The van der Waals surface area contributed by atoms with Crippen LogP contribution in [0.4, 0.5) is 0 Å². The normalized spacial score (nSPS) is 16.1. The highest BCUT2D eigenvalue weighted by molar-refractivity contribution is 5.83. The minimum absolute atomic E-state index is 0.0641. The van der Waals surface area contributed by atoms with E-state index in [0.717, 1.165) is 12.8 Å². The largest absolute Gasteiger partial charge is 0.480 e. The third kappa shape index (κ3) is 6.00. The monoisotopic (exact) mass is 258 g/mol. The van der Waals surface area contributed by atoms with Gasteiger partial charge in [-0.3, -0.25) is 14.9 Å². The molecular weight excluding hydrogens is 232 g/mol. The van der Waals surface area contributed by atoms with Gasteiger partial charge in [0.1, 0.15) is 6.04 Å². The fourth-order valence-electron chi connectivity index (χ4n) is 1.77. The summed E-state index contributed by atoms with van der Waals surface area (Å²) in [5.41, 5.74) is 0. The molecule has 106 valence electrons. The molecule has 0 aromatic rings. The Kier molecular flexibility index (Phi) is 7.59. The Balaban J connectivity index is 4.33. The molecule has 0 saturated heterocycles. The van der Waals surface area contributed by atoms with Crippen LogP contribution in [0.1, 0.15) is 47.5 Å². The van der Waals surface area contributed by atoms with Gasteiger partial charge in [0.25, 0.3) is 0 Å². The van der Waals surface area contributed by atoms with Gasteiger partial charge in [0.2, 0.25) is 5.91 Å². The Hall–Kier alpha value is -1.10. The summed E-state index contributed by atoms with van der Waals surface area (Å²) in [4.78, 5) is 22.9. The SMILES string of the molecule is CCCC(C)NC(=O)C(C)NC(C(=O)O)C(C)C. The van der Waals surface area contributed by atoms with Gasteiger partial charge in [-0.15, -0.1) is 0 Å². The zero-order valence-corrected chi connectivity index (χ0v) is 12.0. The summed E-state index contributed by atoms with van der Waals surface area (Å²) in [7, 11) is 0. The van der Waals surface area contributed by atoms with Crippen LogP contribution in [0.15, 0.2) is 0 Å². The van der Waals surface area contributed by atoms with Crippen molar-refractivity contribution in [2.75, 3.05) is 0 Å². The van der Waals surface area contributed by atoms with Gasteiger partial charge < -0.3 is 10.4 Å². The molecule has 1 amide bonds. The third-order valence-electron chi connectivity index (χ3n) is 2.87. The molecule has 0 aliphatic heterocycles. The van der Waals surface area contributed by atoms with Crippen LogP contribution in [-0.2, 0) is 9.59 Å². The number of carbonyl (C=O) groups excluding carboxylic acids is 1. The Morgan fingerprint density at radius 2 is 1.72 bits per heavy atom. The fraction of sp³-hybridized carbons (Fsp3) is 0.846. The van der Waals surface area contributed by atoms with Crippen LogP contribution in [0, 0.1) is 5.92 Å². The topological polar surface area (TPSA) is 78.4 Å². The predicted octanol–water partition coefficient (Wildman–Crippen LogP) is 1.38. The molecule has 5 heteroatoms. The second-order valence-electron chi connectivity index (χ2n) is 5.15. The van der Waals surface area contributed by atoms with Gasteiger partial charge in [0, 0.05) is 6.04 Å². The van der Waals surface area contributed by atoms with E-state index in [1.165, 1.54) is 0 Å². The summed E-state index contributed by atoms with van der Waals surface area (Å²) in [6, 6.07) is -1.09. The molecule has 3 atom stereocenters. The first-order valence-electron chi connectivity index (χ1n) is 6.58. The van der Waals surface area contributed by atoms with E-state index in [0.29, 0.717) is 0 Å². The number of amides is 1. The molecule has 0 bridgehead atoms. The Morgan fingerprint density at radius 1 is 1.17 bits per heavy atom. The predicted molar refractivity (Wildman–Crippen MR) is 71.4 cm³/mol. The molecule has 0 fully saturated rings. The summed E-state index contributed by atoms with van der Waals surface area (Å²) in [6.07, 6.45) is 1.93. The van der Waals surface area contributed by atoms with Crippen LogP contribution in [0.2, 0.25) is 0 Å². The molecular formula is C13H26N2O3. The van der Waals surface area contributed by atoms with E-state index >= 15 is 0 Å². The highest BCUT2D eigenvalue weighted by atomic mass is 16.4. The summed E-state index contributed by atoms with van der Waals surface area (Å²) >= 11 is 0. The van der Waals surface area contributed by atoms with Crippen molar-refractivity contribution in [2.45, 2.75) is 65.6 Å². The molecule has 0 aromatic heterocycles. The van der Waals surface area contributed by atoms with E-state index in [1.54, 1.807) is 6.92 Å². The Labute approximate surface area is 109 Å². The van der Waals surface area contributed by atoms with E-state index in [9.17, 15) is 9.59 Å². The van der Waals surface area contributed by atoms with Crippen molar-refractivity contribution in [1.82, 2.24) is 10.6 Å². The number of rotatable bonds is 8. The van der Waals surface area contributed by atoms with Crippen LogP contribution in [0.25, 0.3) is 0 Å². The van der Waals surface area contributed by atoms with Gasteiger partial charge in [-0.05, 0) is 26.2 Å². The number of aliphatic carboxylic acids is 1. The zero-order valence-electron chi connectivity index (χ0n) is 12.0. The second kappa shape index (κ2) is 8.08. The standard InChI is InChI=1S/C13H26N2O3/c1-6-7-9(4)14-12(16)10(5)15-11(8(2)3)13(17)18/h8-11,15H,6-7H2,1-5H3,(H,14,16)(H,17,18). The lowest BCUT2D eigenvalue weighted by Crippen LogP contribution is -2.52. The van der Waals surface area contributed by atoms with Crippen molar-refractivity contribution >= 4 is 11.9 Å². The average Bonchev–Trinajstić information content (AvgIpc) is 2.24. The maximum Gasteiger partial charge on any atom is 0.320 e. The van der Waals surface area contributed by atoms with Crippen molar-refractivity contribution in [1.29, 1.82) is 0 Å². The van der Waals surface area contributed by atoms with Crippen LogP contribution < -0.4 is 10.6 Å². The number of carbonyl (C=O) groups is 2.